The van der Waals surface area contributed by atoms with Crippen molar-refractivity contribution in [1.82, 2.24) is 4.98 Å². The number of alkyl halides is 3. The molecule has 2 heterocycles. The van der Waals surface area contributed by atoms with Crippen LogP contribution in [0.4, 0.5) is 18.9 Å². The SMILES string of the molecule is Cc1ccc2c(NC(c3cccc4c3OCC4)C(C)(CC3CC3C(C)C)C(F)(F)F)cccc2n1. The molecule has 0 amide bonds. The standard InChI is InChI=1S/C29H33F3N2O/c1-17(2)23-15-20(23)16-28(4,29(30,31)32)27(22-8-5-7-19-13-14-35-26(19)22)34-25-10-6-9-24-21(25)12-11-18(3)33-24/h5-12,17,20,23,27,34H,13-16H2,1-4H3. The molecule has 0 spiro atoms. The third kappa shape index (κ3) is 4.36. The van der Waals surface area contributed by atoms with Gasteiger partial charge in [-0.25, -0.2) is 0 Å². The molecular weight excluding hydrogens is 449 g/mol. The Kier molecular flexibility index (Phi) is 5.97. The number of para-hydroxylation sites is 1. The van der Waals surface area contributed by atoms with Crippen molar-refractivity contribution in [3.8, 4) is 5.75 Å². The first-order chi connectivity index (χ1) is 16.6. The first-order valence-electron chi connectivity index (χ1n) is 12.5. The van der Waals surface area contributed by atoms with Gasteiger partial charge in [0.15, 0.2) is 0 Å². The smallest absolute Gasteiger partial charge is 0.396 e. The first kappa shape index (κ1) is 24.0. The van der Waals surface area contributed by atoms with Crippen molar-refractivity contribution in [2.45, 2.75) is 59.2 Å². The molecule has 2 aromatic carbocycles. The Hall–Kier alpha value is -2.76. The van der Waals surface area contributed by atoms with Crippen LogP contribution in [0.1, 0.15) is 56.5 Å². The molecule has 3 nitrogen and oxygen atoms in total. The third-order valence-electron chi connectivity index (χ3n) is 8.03. The fraction of sp³-hybridized carbons (Fsp3) is 0.483. The summed E-state index contributed by atoms with van der Waals surface area (Å²) in [5.74, 6) is 1.41. The molecule has 4 unspecified atom stereocenters. The molecule has 3 aromatic rings. The van der Waals surface area contributed by atoms with E-state index in [0.29, 0.717) is 41.9 Å². The molecular formula is C29H33F3N2O. The average Bonchev–Trinajstić information content (AvgIpc) is 3.39. The highest BCUT2D eigenvalue weighted by Crippen LogP contribution is 2.60. The number of pyridine rings is 1. The Morgan fingerprint density at radius 3 is 2.57 bits per heavy atom. The monoisotopic (exact) mass is 482 g/mol. The van der Waals surface area contributed by atoms with Crippen LogP contribution >= 0.6 is 0 Å². The summed E-state index contributed by atoms with van der Waals surface area (Å²) in [5.41, 5.74) is 1.86. The van der Waals surface area contributed by atoms with E-state index in [2.05, 4.69) is 24.1 Å². The molecule has 1 saturated carbocycles. The predicted molar refractivity (Wildman–Crippen MR) is 134 cm³/mol. The lowest BCUT2D eigenvalue weighted by Gasteiger charge is -2.41. The van der Waals surface area contributed by atoms with Gasteiger partial charge >= 0.3 is 6.18 Å². The minimum absolute atomic E-state index is 0.0698. The summed E-state index contributed by atoms with van der Waals surface area (Å²) in [6, 6.07) is 14.0. The zero-order valence-electron chi connectivity index (χ0n) is 20.7. The quantitative estimate of drug-likeness (QED) is 0.372. The number of rotatable bonds is 7. The second-order valence-corrected chi connectivity index (χ2v) is 10.9. The molecule has 186 valence electrons. The lowest BCUT2D eigenvalue weighted by Crippen LogP contribution is -2.44. The van der Waals surface area contributed by atoms with Crippen molar-refractivity contribution in [2.75, 3.05) is 11.9 Å². The number of hydrogen-bond acceptors (Lipinski definition) is 3. The van der Waals surface area contributed by atoms with Crippen LogP contribution in [-0.2, 0) is 6.42 Å². The summed E-state index contributed by atoms with van der Waals surface area (Å²) in [6.07, 6.45) is -2.75. The van der Waals surface area contributed by atoms with Gasteiger partial charge in [0.25, 0.3) is 0 Å². The number of fused-ring (bicyclic) bond motifs is 2. The highest BCUT2D eigenvalue weighted by atomic mass is 19.4. The predicted octanol–water partition coefficient (Wildman–Crippen LogP) is 7.88. The Bertz CT molecular complexity index is 1240. The second kappa shape index (κ2) is 8.72. The summed E-state index contributed by atoms with van der Waals surface area (Å²) in [5, 5.41) is 4.18. The van der Waals surface area contributed by atoms with E-state index in [9.17, 15) is 0 Å². The van der Waals surface area contributed by atoms with E-state index in [0.717, 1.165) is 28.6 Å². The Balaban J connectivity index is 1.64. The first-order valence-corrected chi connectivity index (χ1v) is 12.5. The second-order valence-electron chi connectivity index (χ2n) is 10.9. The molecule has 35 heavy (non-hydrogen) atoms. The lowest BCUT2D eigenvalue weighted by atomic mass is 9.72. The van der Waals surface area contributed by atoms with Crippen molar-refractivity contribution in [1.29, 1.82) is 0 Å². The van der Waals surface area contributed by atoms with Crippen molar-refractivity contribution in [3.05, 3.63) is 65.4 Å². The molecule has 1 aromatic heterocycles. The van der Waals surface area contributed by atoms with Gasteiger partial charge in [-0.2, -0.15) is 13.2 Å². The van der Waals surface area contributed by atoms with Crippen LogP contribution in [0.2, 0.25) is 0 Å². The number of nitrogens with zero attached hydrogens (tertiary/aromatic N) is 1. The number of aromatic nitrogens is 1. The number of aryl methyl sites for hydroxylation is 1. The Morgan fingerprint density at radius 2 is 1.86 bits per heavy atom. The Labute approximate surface area is 205 Å². The topological polar surface area (TPSA) is 34.1 Å². The van der Waals surface area contributed by atoms with Crippen LogP contribution in [0.5, 0.6) is 5.75 Å². The van der Waals surface area contributed by atoms with E-state index in [1.54, 1.807) is 6.07 Å². The molecule has 1 aliphatic heterocycles. The van der Waals surface area contributed by atoms with Gasteiger partial charge < -0.3 is 10.1 Å². The number of hydrogen-bond donors (Lipinski definition) is 1. The molecule has 1 aliphatic carbocycles. The van der Waals surface area contributed by atoms with E-state index in [-0.39, 0.29) is 12.3 Å². The summed E-state index contributed by atoms with van der Waals surface area (Å²) >= 11 is 0. The molecule has 0 saturated heterocycles. The van der Waals surface area contributed by atoms with Gasteiger partial charge in [-0.15, -0.1) is 0 Å². The van der Waals surface area contributed by atoms with Crippen LogP contribution in [-0.4, -0.2) is 17.8 Å². The van der Waals surface area contributed by atoms with Gasteiger partial charge in [-0.05, 0) is 74.3 Å². The van der Waals surface area contributed by atoms with Gasteiger partial charge in [0.05, 0.1) is 23.6 Å². The lowest BCUT2D eigenvalue weighted by molar-refractivity contribution is -0.228. The zero-order chi connectivity index (χ0) is 25.0. The average molecular weight is 483 g/mol. The summed E-state index contributed by atoms with van der Waals surface area (Å²) in [7, 11) is 0. The molecule has 5 rings (SSSR count). The number of benzene rings is 2. The van der Waals surface area contributed by atoms with Gasteiger partial charge in [-0.1, -0.05) is 38.1 Å². The molecule has 2 aliphatic rings. The van der Waals surface area contributed by atoms with Gasteiger partial charge in [-0.3, -0.25) is 4.98 Å². The van der Waals surface area contributed by atoms with E-state index in [4.69, 9.17) is 4.74 Å². The Morgan fingerprint density at radius 1 is 1.09 bits per heavy atom. The van der Waals surface area contributed by atoms with Crippen molar-refractivity contribution >= 4 is 16.6 Å². The van der Waals surface area contributed by atoms with Gasteiger partial charge in [0, 0.05) is 28.8 Å². The minimum atomic E-state index is -4.41. The van der Waals surface area contributed by atoms with Gasteiger partial charge in [0.2, 0.25) is 0 Å². The summed E-state index contributed by atoms with van der Waals surface area (Å²) in [4.78, 5) is 4.59. The van der Waals surface area contributed by atoms with E-state index in [1.807, 2.05) is 49.4 Å². The fourth-order valence-electron chi connectivity index (χ4n) is 5.85. The van der Waals surface area contributed by atoms with Crippen LogP contribution in [0.25, 0.3) is 10.9 Å². The summed E-state index contributed by atoms with van der Waals surface area (Å²) in [6.45, 7) is 8.01. The third-order valence-corrected chi connectivity index (χ3v) is 8.03. The van der Waals surface area contributed by atoms with Crippen LogP contribution < -0.4 is 10.1 Å². The number of halogens is 3. The highest BCUT2D eigenvalue weighted by Gasteiger charge is 2.60. The number of ether oxygens (including phenoxy) is 1. The van der Waals surface area contributed by atoms with Crippen molar-refractivity contribution < 1.29 is 17.9 Å². The van der Waals surface area contributed by atoms with Crippen molar-refractivity contribution in [2.24, 2.45) is 23.2 Å². The number of anilines is 1. The molecule has 0 radical (unpaired) electrons. The van der Waals surface area contributed by atoms with Gasteiger partial charge in [0.1, 0.15) is 5.75 Å². The molecule has 0 bridgehead atoms. The van der Waals surface area contributed by atoms with Crippen LogP contribution in [0.3, 0.4) is 0 Å². The highest BCUT2D eigenvalue weighted by molar-refractivity contribution is 5.91. The van der Waals surface area contributed by atoms with E-state index in [1.165, 1.54) is 6.92 Å². The van der Waals surface area contributed by atoms with Crippen molar-refractivity contribution in [3.63, 3.8) is 0 Å². The van der Waals surface area contributed by atoms with Crippen LogP contribution in [0, 0.1) is 30.1 Å². The maximum absolute atomic E-state index is 15.1. The zero-order valence-corrected chi connectivity index (χ0v) is 20.7. The molecule has 1 N–H and O–H groups in total. The maximum Gasteiger partial charge on any atom is 0.396 e. The van der Waals surface area contributed by atoms with Crippen LogP contribution in [0.15, 0.2) is 48.5 Å². The molecule has 4 atom stereocenters. The minimum Gasteiger partial charge on any atom is -0.493 e. The molecule has 6 heteroatoms. The largest absolute Gasteiger partial charge is 0.493 e. The number of nitrogens with one attached hydrogen (secondary N) is 1. The maximum atomic E-state index is 15.1. The normalized spacial score (nSPS) is 21.9. The fourth-order valence-corrected chi connectivity index (χ4v) is 5.85. The molecule has 1 fully saturated rings. The van der Waals surface area contributed by atoms with E-state index >= 15 is 13.2 Å². The van der Waals surface area contributed by atoms with E-state index < -0.39 is 17.6 Å². The summed E-state index contributed by atoms with van der Waals surface area (Å²) < 4.78 is 51.2.